The van der Waals surface area contributed by atoms with Crippen LogP contribution in [0.3, 0.4) is 0 Å². The predicted molar refractivity (Wildman–Crippen MR) is 169 cm³/mol. The van der Waals surface area contributed by atoms with Gasteiger partial charge < -0.3 is 19.9 Å². The van der Waals surface area contributed by atoms with Crippen LogP contribution in [-0.2, 0) is 25.8 Å². The fraction of sp³-hybridized carbons (Fsp3) is 0.516. The molecule has 5 rings (SSSR count). The lowest BCUT2D eigenvalue weighted by molar-refractivity contribution is -0.117. The standard InChI is InChI=1S/C31H40N4O5S2/c1-31(2,3)40-30(37)32-16-13-28(36)33-29-35(26-20-42(38,39)21-27(26)41-29)25-11-9-24(10-12-25)34-17-14-23(15-18-34)19-22-7-5-4-6-8-22/h4-12,23,26-27H,13-21H2,1-3H3,(H,32,37)/t26-,27-/m0/s1. The fourth-order valence-corrected chi connectivity index (χ4v) is 9.71. The molecule has 3 heterocycles. The molecule has 226 valence electrons. The molecule has 0 radical (unpaired) electrons. The van der Waals surface area contributed by atoms with E-state index in [-0.39, 0.29) is 41.7 Å². The summed E-state index contributed by atoms with van der Waals surface area (Å²) in [6.07, 6.45) is 2.83. The van der Waals surface area contributed by atoms with Crippen molar-refractivity contribution in [3.05, 3.63) is 60.2 Å². The van der Waals surface area contributed by atoms with Gasteiger partial charge in [0.2, 0.25) is 5.91 Å². The monoisotopic (exact) mass is 612 g/mol. The van der Waals surface area contributed by atoms with Crippen molar-refractivity contribution in [2.24, 2.45) is 10.9 Å². The Labute approximate surface area is 253 Å². The fourth-order valence-electron chi connectivity index (χ4n) is 5.78. The van der Waals surface area contributed by atoms with Gasteiger partial charge in [0, 0.05) is 42.7 Å². The van der Waals surface area contributed by atoms with Crippen molar-refractivity contribution in [3.63, 3.8) is 0 Å². The van der Waals surface area contributed by atoms with E-state index in [1.54, 1.807) is 20.8 Å². The first-order valence-corrected chi connectivity index (χ1v) is 17.3. The second kappa shape index (κ2) is 12.7. The molecule has 2 aromatic carbocycles. The van der Waals surface area contributed by atoms with Crippen LogP contribution in [0.4, 0.5) is 16.2 Å². The summed E-state index contributed by atoms with van der Waals surface area (Å²) in [5.41, 5.74) is 2.74. The van der Waals surface area contributed by atoms with E-state index in [1.807, 2.05) is 17.0 Å². The van der Waals surface area contributed by atoms with Crippen molar-refractivity contribution >= 4 is 50.1 Å². The Kier molecular flexibility index (Phi) is 9.17. The molecule has 2 aromatic rings. The largest absolute Gasteiger partial charge is 0.444 e. The summed E-state index contributed by atoms with van der Waals surface area (Å²) in [5, 5.41) is 2.92. The molecule has 0 saturated carbocycles. The average Bonchev–Trinajstić information content (AvgIpc) is 3.39. The number of amidine groups is 1. The van der Waals surface area contributed by atoms with Crippen molar-refractivity contribution in [1.82, 2.24) is 5.32 Å². The zero-order chi connectivity index (χ0) is 29.9. The van der Waals surface area contributed by atoms with E-state index in [2.05, 4.69) is 57.7 Å². The molecule has 3 fully saturated rings. The predicted octanol–water partition coefficient (Wildman–Crippen LogP) is 4.66. The second-order valence-electron chi connectivity index (χ2n) is 12.3. The van der Waals surface area contributed by atoms with E-state index in [9.17, 15) is 18.0 Å². The number of anilines is 2. The third kappa shape index (κ3) is 7.86. The second-order valence-corrected chi connectivity index (χ2v) is 15.6. The molecule has 2 atom stereocenters. The Hall–Kier alpha value is -3.05. The Balaban J connectivity index is 1.23. The lowest BCUT2D eigenvalue weighted by atomic mass is 9.90. The van der Waals surface area contributed by atoms with E-state index >= 15 is 0 Å². The number of thioether (sulfide) groups is 1. The number of ether oxygens (including phenoxy) is 1. The number of nitrogens with one attached hydrogen (secondary N) is 1. The van der Waals surface area contributed by atoms with Crippen molar-refractivity contribution in [2.45, 2.75) is 63.3 Å². The lowest BCUT2D eigenvalue weighted by Crippen LogP contribution is -2.38. The number of piperidine rings is 1. The molecule has 9 nitrogen and oxygen atoms in total. The highest BCUT2D eigenvalue weighted by atomic mass is 32.2. The number of benzene rings is 2. The van der Waals surface area contributed by atoms with E-state index in [0.29, 0.717) is 11.1 Å². The molecule has 42 heavy (non-hydrogen) atoms. The first kappa shape index (κ1) is 30.4. The maximum atomic E-state index is 12.7. The molecule has 1 N–H and O–H groups in total. The Morgan fingerprint density at radius 1 is 1.00 bits per heavy atom. The van der Waals surface area contributed by atoms with Crippen LogP contribution in [0.25, 0.3) is 0 Å². The van der Waals surface area contributed by atoms with Crippen LogP contribution in [-0.4, -0.2) is 73.6 Å². The minimum atomic E-state index is -3.16. The quantitative estimate of drug-likeness (QED) is 0.481. The van der Waals surface area contributed by atoms with Crippen molar-refractivity contribution in [2.75, 3.05) is 40.9 Å². The van der Waals surface area contributed by atoms with Crippen LogP contribution in [0.15, 0.2) is 59.6 Å². The number of rotatable bonds is 7. The van der Waals surface area contributed by atoms with E-state index in [0.717, 1.165) is 43.7 Å². The number of carbonyl (C=O) groups excluding carboxylic acids is 2. The van der Waals surface area contributed by atoms with Crippen molar-refractivity contribution in [1.29, 1.82) is 0 Å². The zero-order valence-electron chi connectivity index (χ0n) is 24.5. The number of amides is 2. The van der Waals surface area contributed by atoms with Crippen LogP contribution in [0.5, 0.6) is 0 Å². The molecule has 0 bridgehead atoms. The van der Waals surface area contributed by atoms with Gasteiger partial charge in [0.25, 0.3) is 0 Å². The smallest absolute Gasteiger partial charge is 0.407 e. The Morgan fingerprint density at radius 3 is 2.33 bits per heavy atom. The number of hydrogen-bond donors (Lipinski definition) is 1. The minimum Gasteiger partial charge on any atom is -0.444 e. The van der Waals surface area contributed by atoms with Crippen LogP contribution in [0, 0.1) is 5.92 Å². The Morgan fingerprint density at radius 2 is 1.67 bits per heavy atom. The normalized spacial score (nSPS) is 23.2. The van der Waals surface area contributed by atoms with Gasteiger partial charge in [0.1, 0.15) is 5.60 Å². The van der Waals surface area contributed by atoms with Crippen molar-refractivity contribution in [3.8, 4) is 0 Å². The SMILES string of the molecule is CC(C)(C)OC(=O)NCCC(=O)N=C1S[C@H]2CS(=O)(=O)C[C@@H]2N1c1ccc(N2CCC(Cc3ccccc3)CC2)cc1. The number of sulfone groups is 1. The average molecular weight is 613 g/mol. The molecular formula is C31H40N4O5S2. The summed E-state index contributed by atoms with van der Waals surface area (Å²) in [7, 11) is -3.16. The van der Waals surface area contributed by atoms with Gasteiger partial charge in [-0.1, -0.05) is 42.1 Å². The minimum absolute atomic E-state index is 0.0178. The van der Waals surface area contributed by atoms with Crippen LogP contribution < -0.4 is 15.1 Å². The molecule has 11 heteroatoms. The summed E-state index contributed by atoms with van der Waals surface area (Å²) >= 11 is 1.35. The highest BCUT2D eigenvalue weighted by molar-refractivity contribution is 8.16. The van der Waals surface area contributed by atoms with E-state index in [4.69, 9.17) is 4.74 Å². The molecule has 0 aromatic heterocycles. The number of fused-ring (bicyclic) bond motifs is 1. The molecule has 0 aliphatic carbocycles. The summed E-state index contributed by atoms with van der Waals surface area (Å²) in [6.45, 7) is 7.42. The zero-order valence-corrected chi connectivity index (χ0v) is 26.1. The van der Waals surface area contributed by atoms with Gasteiger partial charge in [-0.05, 0) is 75.8 Å². The van der Waals surface area contributed by atoms with E-state index in [1.165, 1.54) is 17.3 Å². The molecule has 2 amide bonds. The topological polar surface area (TPSA) is 108 Å². The molecular weight excluding hydrogens is 572 g/mol. The van der Waals surface area contributed by atoms with E-state index < -0.39 is 21.5 Å². The molecule has 3 saturated heterocycles. The van der Waals surface area contributed by atoms with Gasteiger partial charge in [-0.2, -0.15) is 4.99 Å². The first-order chi connectivity index (χ1) is 20.0. The van der Waals surface area contributed by atoms with Gasteiger partial charge >= 0.3 is 6.09 Å². The molecule has 3 aliphatic heterocycles. The number of aliphatic imine (C=N–C) groups is 1. The van der Waals surface area contributed by atoms with Gasteiger partial charge in [0.05, 0.1) is 17.5 Å². The molecule has 0 spiro atoms. The van der Waals surface area contributed by atoms with Crippen LogP contribution in [0.1, 0.15) is 45.6 Å². The van der Waals surface area contributed by atoms with Gasteiger partial charge in [-0.3, -0.25) is 4.79 Å². The highest BCUT2D eigenvalue weighted by Crippen LogP contribution is 2.41. The molecule has 0 unspecified atom stereocenters. The van der Waals surface area contributed by atoms with Gasteiger partial charge in [-0.25, -0.2) is 13.2 Å². The number of alkyl carbamates (subject to hydrolysis) is 1. The number of carbonyl (C=O) groups is 2. The number of hydrogen-bond acceptors (Lipinski definition) is 7. The summed E-state index contributed by atoms with van der Waals surface area (Å²) in [6, 6.07) is 18.6. The van der Waals surface area contributed by atoms with Crippen molar-refractivity contribution < 1.29 is 22.7 Å². The highest BCUT2D eigenvalue weighted by Gasteiger charge is 2.49. The molecule has 3 aliphatic rings. The van der Waals surface area contributed by atoms with Gasteiger partial charge in [-0.15, -0.1) is 0 Å². The third-order valence-electron chi connectivity index (χ3n) is 7.77. The van der Waals surface area contributed by atoms with Crippen LogP contribution in [0.2, 0.25) is 0 Å². The summed E-state index contributed by atoms with van der Waals surface area (Å²) < 4.78 is 30.1. The Bertz CT molecular complexity index is 1400. The summed E-state index contributed by atoms with van der Waals surface area (Å²) in [4.78, 5) is 33.3. The maximum Gasteiger partial charge on any atom is 0.407 e. The lowest BCUT2D eigenvalue weighted by Gasteiger charge is -2.34. The first-order valence-electron chi connectivity index (χ1n) is 14.6. The number of nitrogens with zero attached hydrogens (tertiary/aromatic N) is 3. The maximum absolute atomic E-state index is 12.7. The van der Waals surface area contributed by atoms with Crippen LogP contribution >= 0.6 is 11.8 Å². The third-order valence-corrected chi connectivity index (χ3v) is 11.0. The summed E-state index contributed by atoms with van der Waals surface area (Å²) in [5.74, 6) is 0.412. The van der Waals surface area contributed by atoms with Gasteiger partial charge in [0.15, 0.2) is 15.0 Å².